The number of rotatable bonds is 8. The Morgan fingerprint density at radius 3 is 2.53 bits per heavy atom. The van der Waals surface area contributed by atoms with E-state index in [4.69, 9.17) is 4.74 Å². The van der Waals surface area contributed by atoms with E-state index < -0.39 is 6.04 Å². The maximum absolute atomic E-state index is 12.9. The molecule has 188 valence electrons. The third-order valence-corrected chi connectivity index (χ3v) is 7.44. The summed E-state index contributed by atoms with van der Waals surface area (Å²) in [5, 5.41) is 2.77. The summed E-state index contributed by atoms with van der Waals surface area (Å²) in [4.78, 5) is 42.2. The molecular weight excluding hydrogens is 454 g/mol. The Balaban J connectivity index is 1.14. The number of amides is 2. The molecule has 2 aromatic rings. The Morgan fingerprint density at radius 1 is 1.03 bits per heavy atom. The van der Waals surface area contributed by atoms with Gasteiger partial charge in [0.2, 0.25) is 5.91 Å². The highest BCUT2D eigenvalue weighted by atomic mass is 16.5. The number of allylic oxidation sites excluding steroid dienone is 1. The fourth-order valence-electron chi connectivity index (χ4n) is 5.23. The second-order valence-corrected chi connectivity index (χ2v) is 9.90. The molecule has 2 amide bonds. The van der Waals surface area contributed by atoms with E-state index in [0.717, 1.165) is 56.0 Å². The summed E-state index contributed by atoms with van der Waals surface area (Å²) in [6, 6.07) is 13.3. The monoisotopic (exact) mass is 487 g/mol. The van der Waals surface area contributed by atoms with Crippen molar-refractivity contribution in [3.8, 4) is 0 Å². The van der Waals surface area contributed by atoms with Crippen molar-refractivity contribution >= 4 is 17.6 Å². The van der Waals surface area contributed by atoms with Gasteiger partial charge in [0, 0.05) is 49.4 Å². The van der Waals surface area contributed by atoms with Crippen molar-refractivity contribution in [1.29, 1.82) is 0 Å². The Bertz CT molecular complexity index is 1170. The SMILES string of the molecule is C=C1CCC(N2Cc3cc(CCC(=O)c4ccc(CCN5CCOCC5)cc4)ccc3C2=O)C(=O)N1. The minimum atomic E-state index is -0.461. The van der Waals surface area contributed by atoms with Crippen molar-refractivity contribution in [3.05, 3.63) is 82.6 Å². The summed E-state index contributed by atoms with van der Waals surface area (Å²) in [6.07, 6.45) is 3.27. The zero-order chi connectivity index (χ0) is 25.1. The number of nitrogens with one attached hydrogen (secondary N) is 1. The van der Waals surface area contributed by atoms with Gasteiger partial charge in [-0.25, -0.2) is 0 Å². The van der Waals surface area contributed by atoms with Crippen LogP contribution in [0, 0.1) is 0 Å². The first-order valence-electron chi connectivity index (χ1n) is 12.8. The van der Waals surface area contributed by atoms with Crippen LogP contribution in [0.4, 0.5) is 0 Å². The summed E-state index contributed by atoms with van der Waals surface area (Å²) >= 11 is 0. The molecule has 1 N–H and O–H groups in total. The van der Waals surface area contributed by atoms with Gasteiger partial charge in [-0.3, -0.25) is 19.3 Å². The van der Waals surface area contributed by atoms with Crippen LogP contribution in [0.15, 0.2) is 54.7 Å². The lowest BCUT2D eigenvalue weighted by atomic mass is 9.99. The molecule has 1 unspecified atom stereocenters. The number of morpholine rings is 1. The minimum absolute atomic E-state index is 0.103. The van der Waals surface area contributed by atoms with Crippen molar-refractivity contribution in [2.75, 3.05) is 32.8 Å². The number of Topliss-reactive ketones (excluding diaryl/α,β-unsaturated/α-hetero) is 1. The van der Waals surface area contributed by atoms with Gasteiger partial charge in [0.15, 0.2) is 5.78 Å². The van der Waals surface area contributed by atoms with Crippen LogP contribution in [0.2, 0.25) is 0 Å². The van der Waals surface area contributed by atoms with Gasteiger partial charge in [-0.1, -0.05) is 43.0 Å². The molecule has 36 heavy (non-hydrogen) atoms. The molecule has 0 aromatic heterocycles. The number of carbonyl (C=O) groups is 3. The van der Waals surface area contributed by atoms with Crippen molar-refractivity contribution < 1.29 is 19.1 Å². The number of piperidine rings is 1. The first-order valence-corrected chi connectivity index (χ1v) is 12.8. The summed E-state index contributed by atoms with van der Waals surface area (Å²) in [5.74, 6) is -0.147. The molecule has 3 aliphatic rings. The molecule has 5 rings (SSSR count). The average molecular weight is 488 g/mol. The molecule has 7 nitrogen and oxygen atoms in total. The van der Waals surface area contributed by atoms with Gasteiger partial charge in [-0.2, -0.15) is 0 Å². The summed E-state index contributed by atoms with van der Waals surface area (Å²) in [5.41, 5.74) is 5.27. The fraction of sp³-hybridized carbons (Fsp3) is 0.414. The minimum Gasteiger partial charge on any atom is -0.379 e. The maximum Gasteiger partial charge on any atom is 0.255 e. The molecule has 3 aliphatic heterocycles. The van der Waals surface area contributed by atoms with Gasteiger partial charge in [0.05, 0.1) is 13.2 Å². The first kappa shape index (κ1) is 24.4. The van der Waals surface area contributed by atoms with Gasteiger partial charge < -0.3 is 15.0 Å². The molecule has 0 bridgehead atoms. The highest BCUT2D eigenvalue weighted by Crippen LogP contribution is 2.29. The van der Waals surface area contributed by atoms with E-state index in [9.17, 15) is 14.4 Å². The lowest BCUT2D eigenvalue weighted by Crippen LogP contribution is -2.49. The molecule has 0 spiro atoms. The van der Waals surface area contributed by atoms with E-state index >= 15 is 0 Å². The predicted molar refractivity (Wildman–Crippen MR) is 137 cm³/mol. The van der Waals surface area contributed by atoms with Crippen molar-refractivity contribution in [2.45, 2.75) is 44.7 Å². The average Bonchev–Trinajstić information content (AvgIpc) is 3.22. The van der Waals surface area contributed by atoms with Crippen molar-refractivity contribution in [3.63, 3.8) is 0 Å². The largest absolute Gasteiger partial charge is 0.379 e. The maximum atomic E-state index is 12.9. The fourth-order valence-corrected chi connectivity index (χ4v) is 5.23. The summed E-state index contributed by atoms with van der Waals surface area (Å²) in [6.45, 7) is 8.83. The second kappa shape index (κ2) is 10.8. The molecule has 3 heterocycles. The zero-order valence-electron chi connectivity index (χ0n) is 20.6. The third kappa shape index (κ3) is 5.42. The lowest BCUT2D eigenvalue weighted by molar-refractivity contribution is -0.126. The van der Waals surface area contributed by atoms with Gasteiger partial charge in [0.1, 0.15) is 6.04 Å². The number of hydrogen-bond donors (Lipinski definition) is 1. The summed E-state index contributed by atoms with van der Waals surface area (Å²) in [7, 11) is 0. The number of nitrogens with zero attached hydrogens (tertiary/aromatic N) is 2. The Kier molecular flexibility index (Phi) is 7.30. The third-order valence-electron chi connectivity index (χ3n) is 7.44. The number of aryl methyl sites for hydroxylation is 1. The molecule has 2 fully saturated rings. The molecule has 7 heteroatoms. The quantitative estimate of drug-likeness (QED) is 0.579. The number of fused-ring (bicyclic) bond motifs is 1. The molecule has 0 radical (unpaired) electrons. The first-order chi connectivity index (χ1) is 17.5. The van der Waals surface area contributed by atoms with Gasteiger partial charge >= 0.3 is 0 Å². The smallest absolute Gasteiger partial charge is 0.255 e. The highest BCUT2D eigenvalue weighted by molar-refractivity contribution is 6.01. The van der Waals surface area contributed by atoms with E-state index in [1.807, 2.05) is 30.3 Å². The van der Waals surface area contributed by atoms with E-state index in [2.05, 4.69) is 28.9 Å². The van der Waals surface area contributed by atoms with Gasteiger partial charge in [-0.15, -0.1) is 0 Å². The molecule has 1 atom stereocenters. The van der Waals surface area contributed by atoms with E-state index in [1.54, 1.807) is 4.90 Å². The van der Waals surface area contributed by atoms with E-state index in [1.165, 1.54) is 5.56 Å². The standard InChI is InChI=1S/C29H33N3O4/c1-20-2-10-26(28(34)30-20)32-19-24-18-22(5-9-25(24)29(32)35)6-11-27(33)23-7-3-21(4-8-23)12-13-31-14-16-36-17-15-31/h3-5,7-9,18,26H,1-2,6,10-17,19H2,(H,30,34). The van der Waals surface area contributed by atoms with E-state index in [0.29, 0.717) is 43.5 Å². The molecule has 0 saturated carbocycles. The van der Waals surface area contributed by atoms with Crippen molar-refractivity contribution in [2.24, 2.45) is 0 Å². The number of ketones is 1. The summed E-state index contributed by atoms with van der Waals surface area (Å²) < 4.78 is 5.40. The molecule has 2 saturated heterocycles. The van der Waals surface area contributed by atoms with Crippen LogP contribution in [0.5, 0.6) is 0 Å². The Labute approximate surface area is 212 Å². The molecule has 2 aromatic carbocycles. The van der Waals surface area contributed by atoms with Gasteiger partial charge in [-0.05, 0) is 48.4 Å². The number of carbonyl (C=O) groups excluding carboxylic acids is 3. The second-order valence-electron chi connectivity index (χ2n) is 9.90. The highest BCUT2D eigenvalue weighted by Gasteiger charge is 2.38. The van der Waals surface area contributed by atoms with Crippen LogP contribution in [0.3, 0.4) is 0 Å². The normalized spacial score (nSPS) is 20.4. The number of ether oxygens (including phenoxy) is 1. The van der Waals surface area contributed by atoms with Crippen molar-refractivity contribution in [1.82, 2.24) is 15.1 Å². The zero-order valence-corrected chi connectivity index (χ0v) is 20.6. The van der Waals surface area contributed by atoms with Crippen LogP contribution in [0.25, 0.3) is 0 Å². The van der Waals surface area contributed by atoms with Crippen LogP contribution < -0.4 is 5.32 Å². The topological polar surface area (TPSA) is 79.0 Å². The molecular formula is C29H33N3O4. The van der Waals surface area contributed by atoms with Crippen LogP contribution in [-0.4, -0.2) is 66.3 Å². The van der Waals surface area contributed by atoms with Crippen LogP contribution in [0.1, 0.15) is 56.7 Å². The Hall–Kier alpha value is -3.29. The van der Waals surface area contributed by atoms with E-state index in [-0.39, 0.29) is 17.6 Å². The van der Waals surface area contributed by atoms with Gasteiger partial charge in [0.25, 0.3) is 5.91 Å². The molecule has 0 aliphatic carbocycles. The Morgan fingerprint density at radius 2 is 1.78 bits per heavy atom. The lowest BCUT2D eigenvalue weighted by Gasteiger charge is -2.30. The number of hydrogen-bond acceptors (Lipinski definition) is 5. The predicted octanol–water partition coefficient (Wildman–Crippen LogP) is 3.12. The number of benzene rings is 2. The van der Waals surface area contributed by atoms with Crippen LogP contribution in [-0.2, 0) is 28.9 Å². The van der Waals surface area contributed by atoms with Crippen LogP contribution >= 0.6 is 0 Å².